The van der Waals surface area contributed by atoms with Crippen LogP contribution in [0.2, 0.25) is 5.02 Å². The van der Waals surface area contributed by atoms with E-state index in [9.17, 15) is 18.0 Å². The fourth-order valence-corrected chi connectivity index (χ4v) is 7.98. The van der Waals surface area contributed by atoms with Gasteiger partial charge >= 0.3 is 5.97 Å². The molecule has 6 rings (SSSR count). The molecule has 1 unspecified atom stereocenters. The number of amides is 1. The van der Waals surface area contributed by atoms with Gasteiger partial charge in [-0.2, -0.15) is 5.10 Å². The van der Waals surface area contributed by atoms with E-state index in [1.165, 1.54) is 21.9 Å². The third kappa shape index (κ3) is 6.97. The molecule has 3 aliphatic rings. The minimum Gasteiger partial charge on any atom is -0.490 e. The van der Waals surface area contributed by atoms with Crippen molar-refractivity contribution in [3.63, 3.8) is 0 Å². The maximum absolute atomic E-state index is 13.5. The molecular formula is C32H38ClN5O6S. The number of aromatic nitrogens is 2. The topological polar surface area (TPSA) is 132 Å². The molecule has 2 atom stereocenters. The third-order valence-electron chi connectivity index (χ3n) is 8.84. The molecule has 13 heteroatoms. The molecule has 2 aliphatic heterocycles. The van der Waals surface area contributed by atoms with Crippen LogP contribution in [0.4, 0.5) is 5.69 Å². The number of fused-ring (bicyclic) bond motifs is 3. The van der Waals surface area contributed by atoms with Crippen LogP contribution < -0.4 is 19.7 Å². The molecule has 1 fully saturated rings. The van der Waals surface area contributed by atoms with Gasteiger partial charge in [-0.25, -0.2) is 13.1 Å². The van der Waals surface area contributed by atoms with Gasteiger partial charge in [-0.05, 0) is 99.1 Å². The number of halogens is 1. The van der Waals surface area contributed by atoms with Crippen LogP contribution in [0.3, 0.4) is 0 Å². The zero-order valence-corrected chi connectivity index (χ0v) is 26.8. The van der Waals surface area contributed by atoms with Gasteiger partial charge in [0.2, 0.25) is 5.91 Å². The van der Waals surface area contributed by atoms with Gasteiger partial charge in [-0.1, -0.05) is 17.7 Å². The van der Waals surface area contributed by atoms with E-state index in [1.54, 1.807) is 31.3 Å². The highest BCUT2D eigenvalue weighted by Crippen LogP contribution is 2.45. The van der Waals surface area contributed by atoms with E-state index in [0.29, 0.717) is 36.2 Å². The smallest absolute Gasteiger partial charge is 0.327 e. The first-order valence-electron chi connectivity index (χ1n) is 15.4. The summed E-state index contributed by atoms with van der Waals surface area (Å²) in [5.74, 6) is -0.151. The number of nitrogens with one attached hydrogen (secondary N) is 2. The average Bonchev–Trinajstić information content (AvgIpc) is 3.64. The van der Waals surface area contributed by atoms with Crippen molar-refractivity contribution in [3.8, 4) is 5.75 Å². The molecular weight excluding hydrogens is 618 g/mol. The molecule has 0 saturated carbocycles. The van der Waals surface area contributed by atoms with E-state index < -0.39 is 21.9 Å². The predicted octanol–water partition coefficient (Wildman–Crippen LogP) is 3.23. The van der Waals surface area contributed by atoms with Gasteiger partial charge in [-0.15, -0.1) is 0 Å². The molecule has 3 aromatic rings. The van der Waals surface area contributed by atoms with Crippen LogP contribution in [-0.4, -0.2) is 69.5 Å². The first kappa shape index (κ1) is 31.4. The van der Waals surface area contributed by atoms with Crippen molar-refractivity contribution in [1.82, 2.24) is 19.8 Å². The van der Waals surface area contributed by atoms with Crippen LogP contribution in [0.15, 0.2) is 53.6 Å². The number of ether oxygens (including phenoxy) is 2. The van der Waals surface area contributed by atoms with Crippen LogP contribution >= 0.6 is 11.6 Å². The number of carbonyl (C=O) groups is 2. The number of nitrogens with zero attached hydrogens (tertiary/aromatic N) is 3. The number of benzene rings is 2. The number of aryl methyl sites for hydroxylation is 1. The third-order valence-corrected chi connectivity index (χ3v) is 10.4. The maximum Gasteiger partial charge on any atom is 0.327 e. The Kier molecular flexibility index (Phi) is 9.07. The molecule has 0 radical (unpaired) electrons. The molecule has 3 heterocycles. The highest BCUT2D eigenvalue weighted by Gasteiger charge is 2.42. The molecule has 11 nitrogen and oxygen atoms in total. The largest absolute Gasteiger partial charge is 0.490 e. The first-order chi connectivity index (χ1) is 21.6. The molecule has 1 aliphatic carbocycles. The molecule has 240 valence electrons. The molecule has 45 heavy (non-hydrogen) atoms. The van der Waals surface area contributed by atoms with Crippen molar-refractivity contribution in [2.45, 2.75) is 55.9 Å². The summed E-state index contributed by atoms with van der Waals surface area (Å²) in [4.78, 5) is 26.8. The lowest BCUT2D eigenvalue weighted by atomic mass is 9.70. The highest BCUT2D eigenvalue weighted by atomic mass is 35.5. The van der Waals surface area contributed by atoms with E-state index in [2.05, 4.69) is 32.2 Å². The summed E-state index contributed by atoms with van der Waals surface area (Å²) >= 11 is 6.37. The Morgan fingerprint density at radius 2 is 2.09 bits per heavy atom. The maximum atomic E-state index is 13.5. The number of anilines is 1. The van der Waals surface area contributed by atoms with Crippen LogP contribution in [-0.2, 0) is 49.2 Å². The molecule has 1 amide bonds. The van der Waals surface area contributed by atoms with E-state index in [1.807, 2.05) is 6.07 Å². The standard InChI is InChI=1S/C32H38ClN5O6S/c1-2-43-31(40)19-38-13-10-25(35-38)15-30(39)36-45(41,42)26-6-8-29-28(16-26)37(18-22-9-12-34-17-22)20-32(21-44-29)11-3-4-23-14-24(33)5-7-27(23)32/h5-8,10,13-14,16,22,34H,2-4,9,11-12,15,17-21H2,1H3,(H,36,39)/t22?,32-/m0/s1. The van der Waals surface area contributed by atoms with Crippen LogP contribution in [0, 0.1) is 5.92 Å². The van der Waals surface area contributed by atoms with Crippen molar-refractivity contribution in [2.75, 3.05) is 44.3 Å². The number of hydrogen-bond donors (Lipinski definition) is 2. The first-order valence-corrected chi connectivity index (χ1v) is 17.3. The Hall–Kier alpha value is -3.61. The van der Waals surface area contributed by atoms with Gasteiger partial charge in [0.25, 0.3) is 10.0 Å². The number of rotatable bonds is 9. The summed E-state index contributed by atoms with van der Waals surface area (Å²) in [5.41, 5.74) is 3.24. The fourth-order valence-electron chi connectivity index (χ4n) is 6.78. The highest BCUT2D eigenvalue weighted by molar-refractivity contribution is 7.90. The zero-order chi connectivity index (χ0) is 31.6. The summed E-state index contributed by atoms with van der Waals surface area (Å²) in [6.07, 6.45) is 5.24. The number of hydrogen-bond acceptors (Lipinski definition) is 9. The number of sulfonamides is 1. The second-order valence-electron chi connectivity index (χ2n) is 12.1. The van der Waals surface area contributed by atoms with Crippen LogP contribution in [0.5, 0.6) is 5.75 Å². The van der Waals surface area contributed by atoms with E-state index in [4.69, 9.17) is 21.1 Å². The van der Waals surface area contributed by atoms with Gasteiger partial charge in [0, 0.05) is 29.7 Å². The monoisotopic (exact) mass is 655 g/mol. The van der Waals surface area contributed by atoms with Gasteiger partial charge in [0.1, 0.15) is 12.3 Å². The van der Waals surface area contributed by atoms with Crippen LogP contribution in [0.25, 0.3) is 0 Å². The molecule has 0 bridgehead atoms. The van der Waals surface area contributed by atoms with Gasteiger partial charge in [0.15, 0.2) is 0 Å². The second kappa shape index (κ2) is 13.0. The SMILES string of the molecule is CCOC(=O)Cn1ccc(CC(=O)NS(=O)(=O)c2ccc3c(c2)N(CC2CCNC2)C[C@@]2(CCCc4cc(Cl)ccc42)CO3)n1. The summed E-state index contributed by atoms with van der Waals surface area (Å²) in [7, 11) is -4.20. The quantitative estimate of drug-likeness (QED) is 0.334. The van der Waals surface area contributed by atoms with E-state index >= 15 is 0 Å². The molecule has 2 aromatic carbocycles. The molecule has 1 spiro atoms. The fraction of sp³-hybridized carbons (Fsp3) is 0.469. The van der Waals surface area contributed by atoms with Crippen molar-refractivity contribution in [3.05, 3.63) is 70.5 Å². The van der Waals surface area contributed by atoms with Crippen molar-refractivity contribution in [2.24, 2.45) is 5.92 Å². The lowest BCUT2D eigenvalue weighted by Crippen LogP contribution is -2.47. The predicted molar refractivity (Wildman–Crippen MR) is 169 cm³/mol. The average molecular weight is 656 g/mol. The minimum absolute atomic E-state index is 0.0210. The number of esters is 1. The van der Waals surface area contributed by atoms with Crippen LogP contribution in [0.1, 0.15) is 43.0 Å². The Balaban J connectivity index is 1.24. The lowest BCUT2D eigenvalue weighted by Gasteiger charge is -2.41. The summed E-state index contributed by atoms with van der Waals surface area (Å²) in [6, 6.07) is 12.5. The Morgan fingerprint density at radius 1 is 1.22 bits per heavy atom. The number of carbonyl (C=O) groups excluding carboxylic acids is 2. The van der Waals surface area contributed by atoms with Gasteiger partial charge in [0.05, 0.1) is 35.9 Å². The van der Waals surface area contributed by atoms with Gasteiger partial charge in [-0.3, -0.25) is 14.3 Å². The summed E-state index contributed by atoms with van der Waals surface area (Å²) in [5, 5.41) is 8.35. The van der Waals surface area contributed by atoms with Crippen molar-refractivity contribution in [1.29, 1.82) is 0 Å². The molecule has 1 saturated heterocycles. The zero-order valence-electron chi connectivity index (χ0n) is 25.3. The Morgan fingerprint density at radius 3 is 2.89 bits per heavy atom. The Labute approximate surface area is 268 Å². The molecule has 2 N–H and O–H groups in total. The molecule has 1 aromatic heterocycles. The summed E-state index contributed by atoms with van der Waals surface area (Å²) in [6.45, 7) is 5.61. The minimum atomic E-state index is -4.20. The van der Waals surface area contributed by atoms with Crippen molar-refractivity contribution < 1.29 is 27.5 Å². The second-order valence-corrected chi connectivity index (χ2v) is 14.2. The normalized spacial score (nSPS) is 21.0. The van der Waals surface area contributed by atoms with Crippen molar-refractivity contribution >= 4 is 39.2 Å². The Bertz CT molecular complexity index is 1690. The van der Waals surface area contributed by atoms with E-state index in [0.717, 1.165) is 50.3 Å². The van der Waals surface area contributed by atoms with Gasteiger partial charge < -0.3 is 19.7 Å². The lowest BCUT2D eigenvalue weighted by molar-refractivity contribution is -0.144. The summed E-state index contributed by atoms with van der Waals surface area (Å²) < 4.78 is 41.9. The van der Waals surface area contributed by atoms with E-state index in [-0.39, 0.29) is 29.9 Å².